The van der Waals surface area contributed by atoms with Gasteiger partial charge < -0.3 is 20.1 Å². The van der Waals surface area contributed by atoms with Gasteiger partial charge in [0.25, 0.3) is 0 Å². The molecule has 0 saturated carbocycles. The number of carbonyl (C=O) groups is 1. The summed E-state index contributed by atoms with van der Waals surface area (Å²) in [5, 5.41) is 7.84. The predicted molar refractivity (Wildman–Crippen MR) is 141 cm³/mol. The fourth-order valence-electron chi connectivity index (χ4n) is 3.29. The van der Waals surface area contributed by atoms with Crippen molar-refractivity contribution < 1.29 is 14.3 Å². The molecule has 0 fully saturated rings. The lowest BCUT2D eigenvalue weighted by molar-refractivity contribution is -0.116. The van der Waals surface area contributed by atoms with Crippen molar-refractivity contribution in [2.45, 2.75) is 33.4 Å². The average Bonchev–Trinajstić information content (AvgIpc) is 2.77. The van der Waals surface area contributed by atoms with Crippen molar-refractivity contribution in [3.05, 3.63) is 80.8 Å². The molecule has 180 valence electrons. The van der Waals surface area contributed by atoms with Crippen LogP contribution in [0.25, 0.3) is 0 Å². The maximum Gasteiger partial charge on any atom is 0.224 e. The van der Waals surface area contributed by atoms with E-state index in [1.807, 2.05) is 44.2 Å². The van der Waals surface area contributed by atoms with Gasteiger partial charge in [-0.2, -0.15) is 0 Å². The van der Waals surface area contributed by atoms with Crippen molar-refractivity contribution >= 4 is 52.1 Å². The molecule has 0 aliphatic carbocycles. The summed E-state index contributed by atoms with van der Waals surface area (Å²) in [6.45, 7) is 4.66. The number of benzene rings is 3. The molecular weight excluding hydrogens is 495 g/mol. The molecule has 0 heterocycles. The molecule has 3 rings (SSSR count). The summed E-state index contributed by atoms with van der Waals surface area (Å²) in [5.41, 5.74) is 3.11. The molecule has 0 bridgehead atoms. The lowest BCUT2D eigenvalue weighted by atomic mass is 10.1. The number of hydrogen-bond donors (Lipinski definition) is 2. The van der Waals surface area contributed by atoms with E-state index < -0.39 is 0 Å². The zero-order chi connectivity index (χ0) is 24.7. The first-order chi connectivity index (χ1) is 16.3. The van der Waals surface area contributed by atoms with Crippen LogP contribution in [-0.4, -0.2) is 13.0 Å². The van der Waals surface area contributed by atoms with Crippen LogP contribution in [0.3, 0.4) is 0 Å². The van der Waals surface area contributed by atoms with Crippen molar-refractivity contribution in [2.24, 2.45) is 5.92 Å². The third kappa shape index (κ3) is 7.20. The second-order valence-corrected chi connectivity index (χ2v) is 9.39. The molecule has 0 radical (unpaired) electrons. The van der Waals surface area contributed by atoms with Crippen LogP contribution in [0, 0.1) is 5.92 Å². The van der Waals surface area contributed by atoms with Crippen LogP contribution in [-0.2, 0) is 17.9 Å². The van der Waals surface area contributed by atoms with Gasteiger partial charge in [0, 0.05) is 51.0 Å². The Morgan fingerprint density at radius 2 is 1.59 bits per heavy atom. The molecule has 3 aromatic rings. The summed E-state index contributed by atoms with van der Waals surface area (Å²) in [6.07, 6.45) is 0.476. The van der Waals surface area contributed by atoms with E-state index in [9.17, 15) is 4.79 Å². The highest BCUT2D eigenvalue weighted by Gasteiger charge is 2.13. The van der Waals surface area contributed by atoms with Crippen LogP contribution in [0.1, 0.15) is 31.4 Å². The highest BCUT2D eigenvalue weighted by atomic mass is 35.5. The van der Waals surface area contributed by atoms with Crippen molar-refractivity contribution in [1.82, 2.24) is 0 Å². The van der Waals surface area contributed by atoms with E-state index in [0.717, 1.165) is 16.9 Å². The molecule has 1 amide bonds. The minimum absolute atomic E-state index is 0.00593. The van der Waals surface area contributed by atoms with E-state index in [2.05, 4.69) is 10.6 Å². The fraction of sp³-hybridized carbons (Fsp3) is 0.269. The van der Waals surface area contributed by atoms with Gasteiger partial charge in [-0.05, 0) is 47.9 Å². The molecule has 0 aliphatic heterocycles. The number of nitrogens with one attached hydrogen (secondary N) is 2. The van der Waals surface area contributed by atoms with E-state index >= 15 is 0 Å². The van der Waals surface area contributed by atoms with Crippen LogP contribution in [0.4, 0.5) is 11.4 Å². The summed E-state index contributed by atoms with van der Waals surface area (Å²) >= 11 is 19.0. The van der Waals surface area contributed by atoms with Gasteiger partial charge in [0.05, 0.1) is 7.11 Å². The average molecular weight is 522 g/mol. The largest absolute Gasteiger partial charge is 0.493 e. The number of rotatable bonds is 10. The van der Waals surface area contributed by atoms with Crippen LogP contribution in [0.2, 0.25) is 15.1 Å². The minimum Gasteiger partial charge on any atom is -0.493 e. The number of halogens is 3. The van der Waals surface area contributed by atoms with Gasteiger partial charge in [-0.25, -0.2) is 0 Å². The molecule has 3 aromatic carbocycles. The third-order valence-corrected chi connectivity index (χ3v) is 6.05. The summed E-state index contributed by atoms with van der Waals surface area (Å²) < 4.78 is 11.4. The molecule has 0 saturated heterocycles. The highest BCUT2D eigenvalue weighted by molar-refractivity contribution is 6.36. The van der Waals surface area contributed by atoms with E-state index in [1.54, 1.807) is 31.4 Å². The van der Waals surface area contributed by atoms with Gasteiger partial charge >= 0.3 is 0 Å². The summed E-state index contributed by atoms with van der Waals surface area (Å²) in [4.78, 5) is 12.1. The number of amides is 1. The van der Waals surface area contributed by atoms with Gasteiger partial charge in [0.1, 0.15) is 6.61 Å². The first-order valence-electron chi connectivity index (χ1n) is 10.8. The fourth-order valence-corrected chi connectivity index (χ4v) is 4.02. The third-order valence-electron chi connectivity index (χ3n) is 4.99. The quantitative estimate of drug-likeness (QED) is 0.285. The van der Waals surface area contributed by atoms with Crippen molar-refractivity contribution in [2.75, 3.05) is 17.7 Å². The summed E-state index contributed by atoms with van der Waals surface area (Å²) in [7, 11) is 1.57. The smallest absolute Gasteiger partial charge is 0.224 e. The molecule has 2 N–H and O–H groups in total. The Kier molecular flexibility index (Phi) is 9.34. The first kappa shape index (κ1) is 26.0. The van der Waals surface area contributed by atoms with Crippen LogP contribution in [0.15, 0.2) is 54.6 Å². The van der Waals surface area contributed by atoms with E-state index in [1.165, 1.54) is 0 Å². The van der Waals surface area contributed by atoms with Crippen molar-refractivity contribution in [3.8, 4) is 11.5 Å². The molecule has 0 aliphatic rings. The molecule has 34 heavy (non-hydrogen) atoms. The number of anilines is 2. The molecule has 0 spiro atoms. The maximum atomic E-state index is 12.1. The minimum atomic E-state index is -0.00593. The Bertz CT molecular complexity index is 1130. The van der Waals surface area contributed by atoms with Crippen molar-refractivity contribution in [3.63, 3.8) is 0 Å². The Morgan fingerprint density at radius 1 is 0.912 bits per heavy atom. The number of methoxy groups -OCH3 is 1. The Morgan fingerprint density at radius 3 is 2.26 bits per heavy atom. The second-order valence-electron chi connectivity index (χ2n) is 8.16. The van der Waals surface area contributed by atoms with E-state index in [4.69, 9.17) is 44.3 Å². The van der Waals surface area contributed by atoms with Gasteiger partial charge in [-0.3, -0.25) is 4.79 Å². The molecule has 5 nitrogen and oxygen atoms in total. The zero-order valence-corrected chi connectivity index (χ0v) is 21.5. The predicted octanol–water partition coefficient (Wildman–Crippen LogP) is 7.83. The Labute approximate surface area is 215 Å². The molecular formula is C26H27Cl3N2O3. The van der Waals surface area contributed by atoms with Gasteiger partial charge in [0.2, 0.25) is 5.91 Å². The van der Waals surface area contributed by atoms with Crippen LogP contribution in [0.5, 0.6) is 11.5 Å². The topological polar surface area (TPSA) is 59.6 Å². The van der Waals surface area contributed by atoms with Gasteiger partial charge in [0.15, 0.2) is 11.5 Å². The summed E-state index contributed by atoms with van der Waals surface area (Å²) in [5.74, 6) is 1.32. The number of carbonyl (C=O) groups excluding carboxylic acids is 1. The standard InChI is InChI=1S/C26H27Cl3N2O3/c1-16(2)10-26(32)31-19-7-4-6-18(12-19)30-14-17-11-24(33-3)25(13-23(17)29)34-15-20-21(27)8-5-9-22(20)28/h4-9,11-13,16,30H,10,14-15H2,1-3H3,(H,31,32). The van der Waals surface area contributed by atoms with Gasteiger partial charge in [-0.15, -0.1) is 0 Å². The SMILES string of the molecule is COc1cc(CNc2cccc(NC(=O)CC(C)C)c2)c(Cl)cc1OCc1c(Cl)cccc1Cl. The number of ether oxygens (including phenoxy) is 2. The van der Waals surface area contributed by atoms with Gasteiger partial charge in [-0.1, -0.05) is 60.8 Å². The second kappa shape index (κ2) is 12.2. The summed E-state index contributed by atoms with van der Waals surface area (Å²) in [6, 6.07) is 16.4. The van der Waals surface area contributed by atoms with E-state index in [0.29, 0.717) is 51.0 Å². The maximum absolute atomic E-state index is 12.1. The first-order valence-corrected chi connectivity index (χ1v) is 12.0. The Hall–Kier alpha value is -2.60. The zero-order valence-electron chi connectivity index (χ0n) is 19.3. The van der Waals surface area contributed by atoms with Crippen LogP contribution < -0.4 is 20.1 Å². The molecule has 0 aromatic heterocycles. The molecule has 8 heteroatoms. The van der Waals surface area contributed by atoms with E-state index in [-0.39, 0.29) is 12.5 Å². The molecule has 0 atom stereocenters. The Balaban J connectivity index is 1.68. The lowest BCUT2D eigenvalue weighted by Crippen LogP contribution is -2.13. The number of hydrogen-bond acceptors (Lipinski definition) is 4. The highest BCUT2D eigenvalue weighted by Crippen LogP contribution is 2.35. The lowest BCUT2D eigenvalue weighted by Gasteiger charge is -2.16. The van der Waals surface area contributed by atoms with Crippen molar-refractivity contribution in [1.29, 1.82) is 0 Å². The van der Waals surface area contributed by atoms with Crippen LogP contribution >= 0.6 is 34.8 Å². The normalized spacial score (nSPS) is 10.8. The molecule has 0 unspecified atom stereocenters. The monoisotopic (exact) mass is 520 g/mol.